The van der Waals surface area contributed by atoms with Gasteiger partial charge >= 0.3 is 0 Å². The van der Waals surface area contributed by atoms with E-state index in [2.05, 4.69) is 15.9 Å². The third kappa shape index (κ3) is 2.87. The average Bonchev–Trinajstić information content (AvgIpc) is 2.76. The van der Waals surface area contributed by atoms with Crippen LogP contribution in [0.15, 0.2) is 16.3 Å². The van der Waals surface area contributed by atoms with E-state index < -0.39 is 10.0 Å². The SMILES string of the molecule is O=S(=O)(c1ccc(Cl)s1)N1CCCCC1CBr. The number of halogens is 2. The zero-order chi connectivity index (χ0) is 12.5. The van der Waals surface area contributed by atoms with Crippen molar-refractivity contribution < 1.29 is 8.42 Å². The first-order valence-electron chi connectivity index (χ1n) is 5.39. The zero-order valence-corrected chi connectivity index (χ0v) is 13.1. The van der Waals surface area contributed by atoms with Gasteiger partial charge in [-0.25, -0.2) is 8.42 Å². The van der Waals surface area contributed by atoms with Gasteiger partial charge in [-0.05, 0) is 25.0 Å². The second kappa shape index (κ2) is 5.57. The molecule has 2 rings (SSSR count). The number of rotatable bonds is 3. The lowest BCUT2D eigenvalue weighted by atomic mass is 10.1. The first kappa shape index (κ1) is 13.8. The van der Waals surface area contributed by atoms with E-state index in [-0.39, 0.29) is 6.04 Å². The minimum Gasteiger partial charge on any atom is -0.206 e. The Kier molecular flexibility index (Phi) is 4.52. The molecule has 0 saturated carbocycles. The fourth-order valence-corrected chi connectivity index (χ4v) is 6.17. The van der Waals surface area contributed by atoms with Crippen LogP contribution in [-0.2, 0) is 10.0 Å². The van der Waals surface area contributed by atoms with Gasteiger partial charge in [0.2, 0.25) is 0 Å². The molecule has 17 heavy (non-hydrogen) atoms. The molecule has 0 aliphatic carbocycles. The molecule has 3 nitrogen and oxygen atoms in total. The van der Waals surface area contributed by atoms with Crippen molar-refractivity contribution in [1.82, 2.24) is 4.31 Å². The topological polar surface area (TPSA) is 37.4 Å². The zero-order valence-electron chi connectivity index (χ0n) is 9.10. The highest BCUT2D eigenvalue weighted by Gasteiger charge is 2.33. The van der Waals surface area contributed by atoms with E-state index in [4.69, 9.17) is 11.6 Å². The van der Waals surface area contributed by atoms with E-state index in [9.17, 15) is 8.42 Å². The third-order valence-electron chi connectivity index (χ3n) is 2.86. The molecule has 0 amide bonds. The lowest BCUT2D eigenvalue weighted by molar-refractivity contribution is 0.274. The first-order chi connectivity index (χ1) is 8.05. The van der Waals surface area contributed by atoms with Crippen LogP contribution in [0.4, 0.5) is 0 Å². The summed E-state index contributed by atoms with van der Waals surface area (Å²) in [5.74, 6) is 0. The van der Waals surface area contributed by atoms with Crippen LogP contribution >= 0.6 is 38.9 Å². The van der Waals surface area contributed by atoms with Crippen molar-refractivity contribution in [3.63, 3.8) is 0 Å². The predicted molar refractivity (Wildman–Crippen MR) is 74.7 cm³/mol. The molecule has 0 aromatic carbocycles. The van der Waals surface area contributed by atoms with Gasteiger partial charge in [0.05, 0.1) is 4.34 Å². The maximum atomic E-state index is 12.4. The molecule has 96 valence electrons. The second-order valence-electron chi connectivity index (χ2n) is 3.98. The molecule has 1 aliphatic heterocycles. The van der Waals surface area contributed by atoms with E-state index in [1.54, 1.807) is 16.4 Å². The molecular weight excluding hydrogens is 346 g/mol. The van der Waals surface area contributed by atoms with Crippen molar-refractivity contribution in [2.45, 2.75) is 29.5 Å². The molecular formula is C10H13BrClNO2S2. The molecule has 1 unspecified atom stereocenters. The Labute approximate surface area is 119 Å². The summed E-state index contributed by atoms with van der Waals surface area (Å²) in [6.45, 7) is 0.605. The number of piperidine rings is 1. The van der Waals surface area contributed by atoms with Crippen LogP contribution in [0.5, 0.6) is 0 Å². The van der Waals surface area contributed by atoms with Gasteiger partial charge < -0.3 is 0 Å². The van der Waals surface area contributed by atoms with Crippen molar-refractivity contribution in [2.24, 2.45) is 0 Å². The number of hydrogen-bond donors (Lipinski definition) is 0. The third-order valence-corrected chi connectivity index (χ3v) is 7.26. The summed E-state index contributed by atoms with van der Waals surface area (Å²) in [5.41, 5.74) is 0. The summed E-state index contributed by atoms with van der Waals surface area (Å²) >= 11 is 10.3. The standard InChI is InChI=1S/C10H13BrClNO2S2/c11-7-8-3-1-2-6-13(8)17(14,15)10-5-4-9(12)16-10/h4-5,8H,1-3,6-7H2. The van der Waals surface area contributed by atoms with Crippen LogP contribution < -0.4 is 0 Å². The molecule has 1 aliphatic rings. The number of nitrogens with zero attached hydrogens (tertiary/aromatic N) is 1. The summed E-state index contributed by atoms with van der Waals surface area (Å²) in [4.78, 5) is 0. The van der Waals surface area contributed by atoms with E-state index in [0.29, 0.717) is 20.4 Å². The summed E-state index contributed by atoms with van der Waals surface area (Å²) in [5, 5.41) is 0.686. The van der Waals surface area contributed by atoms with Gasteiger partial charge in [-0.1, -0.05) is 34.0 Å². The predicted octanol–water partition coefficient (Wildman–Crippen LogP) is 3.34. The van der Waals surface area contributed by atoms with E-state index >= 15 is 0 Å². The van der Waals surface area contributed by atoms with Crippen LogP contribution in [0.25, 0.3) is 0 Å². The molecule has 1 saturated heterocycles. The molecule has 0 bridgehead atoms. The second-order valence-corrected chi connectivity index (χ2v) is 8.46. The Morgan fingerprint density at radius 3 is 2.82 bits per heavy atom. The molecule has 1 atom stereocenters. The largest absolute Gasteiger partial charge is 0.252 e. The van der Waals surface area contributed by atoms with Gasteiger partial charge in [0, 0.05) is 17.9 Å². The highest BCUT2D eigenvalue weighted by Crippen LogP contribution is 2.31. The number of hydrogen-bond acceptors (Lipinski definition) is 3. The van der Waals surface area contributed by atoms with Gasteiger partial charge in [-0.2, -0.15) is 4.31 Å². The van der Waals surface area contributed by atoms with E-state index in [1.807, 2.05) is 0 Å². The monoisotopic (exact) mass is 357 g/mol. The highest BCUT2D eigenvalue weighted by atomic mass is 79.9. The van der Waals surface area contributed by atoms with Crippen molar-refractivity contribution in [2.75, 3.05) is 11.9 Å². The Balaban J connectivity index is 2.30. The Morgan fingerprint density at radius 2 is 2.24 bits per heavy atom. The van der Waals surface area contributed by atoms with Gasteiger partial charge in [0.25, 0.3) is 10.0 Å². The van der Waals surface area contributed by atoms with Crippen molar-refractivity contribution in [1.29, 1.82) is 0 Å². The van der Waals surface area contributed by atoms with Gasteiger partial charge in [-0.15, -0.1) is 11.3 Å². The van der Waals surface area contributed by atoms with Gasteiger partial charge in [-0.3, -0.25) is 0 Å². The highest BCUT2D eigenvalue weighted by molar-refractivity contribution is 9.09. The lowest BCUT2D eigenvalue weighted by Gasteiger charge is -2.33. The Morgan fingerprint density at radius 1 is 1.47 bits per heavy atom. The molecule has 0 N–H and O–H groups in total. The minimum atomic E-state index is -3.37. The molecule has 0 radical (unpaired) electrons. The van der Waals surface area contributed by atoms with Crippen LogP contribution in [0.3, 0.4) is 0 Å². The van der Waals surface area contributed by atoms with Gasteiger partial charge in [0.15, 0.2) is 0 Å². The fourth-order valence-electron chi connectivity index (χ4n) is 2.00. The first-order valence-corrected chi connectivity index (χ1v) is 9.14. The van der Waals surface area contributed by atoms with E-state index in [0.717, 1.165) is 30.6 Å². The summed E-state index contributed by atoms with van der Waals surface area (Å²) in [6.07, 6.45) is 2.94. The summed E-state index contributed by atoms with van der Waals surface area (Å²) in [7, 11) is -3.37. The Bertz CT molecular complexity index is 488. The summed E-state index contributed by atoms with van der Waals surface area (Å²) in [6, 6.07) is 3.28. The van der Waals surface area contributed by atoms with Crippen LogP contribution in [-0.4, -0.2) is 30.6 Å². The quantitative estimate of drug-likeness (QED) is 0.777. The van der Waals surface area contributed by atoms with Crippen molar-refractivity contribution in [3.8, 4) is 0 Å². The normalized spacial score (nSPS) is 22.8. The number of thiophene rings is 1. The number of alkyl halides is 1. The van der Waals surface area contributed by atoms with Crippen LogP contribution in [0.1, 0.15) is 19.3 Å². The molecule has 1 aromatic rings. The average molecular weight is 359 g/mol. The molecule has 1 fully saturated rings. The lowest BCUT2D eigenvalue weighted by Crippen LogP contribution is -2.44. The van der Waals surface area contributed by atoms with E-state index in [1.165, 1.54) is 0 Å². The maximum absolute atomic E-state index is 12.4. The smallest absolute Gasteiger partial charge is 0.206 e. The van der Waals surface area contributed by atoms with Crippen molar-refractivity contribution in [3.05, 3.63) is 16.5 Å². The number of sulfonamides is 1. The van der Waals surface area contributed by atoms with Gasteiger partial charge in [0.1, 0.15) is 4.21 Å². The maximum Gasteiger partial charge on any atom is 0.252 e. The minimum absolute atomic E-state index is 0.0645. The summed E-state index contributed by atoms with van der Waals surface area (Å²) < 4.78 is 27.3. The van der Waals surface area contributed by atoms with Crippen LogP contribution in [0, 0.1) is 0 Å². The fraction of sp³-hybridized carbons (Fsp3) is 0.600. The Hall–Kier alpha value is 0.380. The molecule has 1 aromatic heterocycles. The molecule has 7 heteroatoms. The van der Waals surface area contributed by atoms with Crippen molar-refractivity contribution >= 4 is 48.9 Å². The molecule has 0 spiro atoms. The molecule has 2 heterocycles. The van der Waals surface area contributed by atoms with Crippen LogP contribution in [0.2, 0.25) is 4.34 Å².